The van der Waals surface area contributed by atoms with Gasteiger partial charge in [-0.1, -0.05) is 159 Å². The Balaban J connectivity index is 4.46. The van der Waals surface area contributed by atoms with Crippen LogP contribution in [0.5, 0.6) is 0 Å². The summed E-state index contributed by atoms with van der Waals surface area (Å²) in [5.74, 6) is -0.961. The molecule has 0 saturated carbocycles. The van der Waals surface area contributed by atoms with Crippen molar-refractivity contribution in [2.24, 2.45) is 0 Å². The molecule has 0 aromatic rings. The van der Waals surface area contributed by atoms with E-state index in [2.05, 4.69) is 81.5 Å². The van der Waals surface area contributed by atoms with E-state index in [4.69, 9.17) is 14.2 Å². The third-order valence-corrected chi connectivity index (χ3v) is 9.25. The van der Waals surface area contributed by atoms with Gasteiger partial charge in [-0.2, -0.15) is 0 Å². The van der Waals surface area contributed by atoms with E-state index in [-0.39, 0.29) is 31.1 Å². The number of carbonyl (C=O) groups is 3. The fourth-order valence-corrected chi connectivity index (χ4v) is 5.86. The molecule has 310 valence electrons. The lowest BCUT2D eigenvalue weighted by atomic mass is 10.1. The summed E-state index contributed by atoms with van der Waals surface area (Å²) in [7, 11) is 0. The molecule has 0 heterocycles. The summed E-state index contributed by atoms with van der Waals surface area (Å²) in [5.41, 5.74) is 0. The Bertz CT molecular complexity index is 1010. The van der Waals surface area contributed by atoms with E-state index in [0.29, 0.717) is 19.3 Å². The van der Waals surface area contributed by atoms with Gasteiger partial charge in [0.15, 0.2) is 6.10 Å². The molecule has 6 nitrogen and oxygen atoms in total. The third-order valence-electron chi connectivity index (χ3n) is 9.25. The van der Waals surface area contributed by atoms with E-state index in [0.717, 1.165) is 116 Å². The van der Waals surface area contributed by atoms with Crippen molar-refractivity contribution in [3.05, 3.63) is 60.8 Å². The molecule has 1 unspecified atom stereocenters. The van der Waals surface area contributed by atoms with Gasteiger partial charge in [-0.25, -0.2) is 0 Å². The lowest BCUT2D eigenvalue weighted by molar-refractivity contribution is -0.167. The predicted molar refractivity (Wildman–Crippen MR) is 228 cm³/mol. The van der Waals surface area contributed by atoms with E-state index < -0.39 is 6.10 Å². The number of allylic oxidation sites excluding steroid dienone is 10. The molecule has 0 N–H and O–H groups in total. The molecule has 0 aliphatic carbocycles. The van der Waals surface area contributed by atoms with Gasteiger partial charge in [-0.3, -0.25) is 14.4 Å². The van der Waals surface area contributed by atoms with Crippen LogP contribution in [0.15, 0.2) is 60.8 Å². The Morgan fingerprint density at radius 3 is 1.31 bits per heavy atom. The molecule has 0 saturated heterocycles. The Labute approximate surface area is 332 Å². The molecular weight excluding hydrogens is 673 g/mol. The van der Waals surface area contributed by atoms with Crippen LogP contribution in [-0.4, -0.2) is 37.2 Å². The summed E-state index contributed by atoms with van der Waals surface area (Å²) in [6.45, 7) is 6.39. The van der Waals surface area contributed by atoms with Crippen LogP contribution in [0.2, 0.25) is 0 Å². The van der Waals surface area contributed by atoms with E-state index in [1.807, 2.05) is 0 Å². The van der Waals surface area contributed by atoms with Crippen molar-refractivity contribution >= 4 is 17.9 Å². The van der Waals surface area contributed by atoms with E-state index in [1.54, 1.807) is 0 Å². The van der Waals surface area contributed by atoms with Gasteiger partial charge in [0.2, 0.25) is 0 Å². The topological polar surface area (TPSA) is 78.9 Å². The Kier molecular flexibility index (Phi) is 40.6. The van der Waals surface area contributed by atoms with Gasteiger partial charge in [0.25, 0.3) is 0 Å². The first kappa shape index (κ1) is 51.1. The van der Waals surface area contributed by atoms with Gasteiger partial charge >= 0.3 is 17.9 Å². The molecule has 0 bridgehead atoms. The minimum atomic E-state index is -0.795. The molecule has 0 amide bonds. The molecular formula is C48H82O6. The van der Waals surface area contributed by atoms with Crippen molar-refractivity contribution in [3.8, 4) is 0 Å². The first-order chi connectivity index (χ1) is 26.5. The minimum absolute atomic E-state index is 0.0972. The van der Waals surface area contributed by atoms with Crippen molar-refractivity contribution in [2.45, 2.75) is 213 Å². The summed E-state index contributed by atoms with van der Waals surface area (Å²) >= 11 is 0. The number of carbonyl (C=O) groups excluding carboxylic acids is 3. The van der Waals surface area contributed by atoms with Crippen molar-refractivity contribution in [3.63, 3.8) is 0 Å². The van der Waals surface area contributed by atoms with Gasteiger partial charge in [-0.15, -0.1) is 0 Å². The highest BCUT2D eigenvalue weighted by atomic mass is 16.6. The number of hydrogen-bond donors (Lipinski definition) is 0. The summed E-state index contributed by atoms with van der Waals surface area (Å²) in [6.07, 6.45) is 50.6. The predicted octanol–water partition coefficient (Wildman–Crippen LogP) is 14.1. The van der Waals surface area contributed by atoms with Crippen LogP contribution >= 0.6 is 0 Å². The molecule has 0 aliphatic rings. The van der Waals surface area contributed by atoms with Gasteiger partial charge in [0.05, 0.1) is 0 Å². The highest BCUT2D eigenvalue weighted by Crippen LogP contribution is 2.12. The lowest BCUT2D eigenvalue weighted by Crippen LogP contribution is -2.30. The second-order valence-electron chi connectivity index (χ2n) is 14.6. The maximum Gasteiger partial charge on any atom is 0.306 e. The van der Waals surface area contributed by atoms with Gasteiger partial charge in [0.1, 0.15) is 13.2 Å². The first-order valence-electron chi connectivity index (χ1n) is 22.3. The normalized spacial score (nSPS) is 12.6. The molecule has 0 spiro atoms. The van der Waals surface area contributed by atoms with Crippen molar-refractivity contribution in [1.82, 2.24) is 0 Å². The Morgan fingerprint density at radius 2 is 0.796 bits per heavy atom. The van der Waals surface area contributed by atoms with Crippen LogP contribution in [0.1, 0.15) is 207 Å². The highest BCUT2D eigenvalue weighted by Gasteiger charge is 2.19. The molecule has 0 fully saturated rings. The maximum absolute atomic E-state index is 12.7. The van der Waals surface area contributed by atoms with Crippen LogP contribution < -0.4 is 0 Å². The average Bonchev–Trinajstić information content (AvgIpc) is 3.17. The number of rotatable bonds is 39. The third kappa shape index (κ3) is 40.3. The van der Waals surface area contributed by atoms with Crippen LogP contribution in [0.4, 0.5) is 0 Å². The fourth-order valence-electron chi connectivity index (χ4n) is 5.86. The lowest BCUT2D eigenvalue weighted by Gasteiger charge is -2.18. The minimum Gasteiger partial charge on any atom is -0.462 e. The van der Waals surface area contributed by atoms with Crippen molar-refractivity contribution < 1.29 is 28.6 Å². The van der Waals surface area contributed by atoms with Crippen LogP contribution in [0.3, 0.4) is 0 Å². The van der Waals surface area contributed by atoms with Gasteiger partial charge < -0.3 is 14.2 Å². The smallest absolute Gasteiger partial charge is 0.306 e. The average molecular weight is 755 g/mol. The molecule has 0 aliphatic heterocycles. The fraction of sp³-hybridized carbons (Fsp3) is 0.729. The number of unbranched alkanes of at least 4 members (excludes halogenated alkanes) is 19. The first-order valence-corrected chi connectivity index (χ1v) is 22.3. The zero-order valence-corrected chi connectivity index (χ0v) is 35.2. The molecule has 1 atom stereocenters. The SMILES string of the molecule is CC/C=C\C/C=C\CCCCCCCC(=O)OC(COC(=O)CCCCC/C=C\C=C/CCCC)COC(=O)CCCCC/C=C\CCCCCCCC. The second kappa shape index (κ2) is 42.8. The van der Waals surface area contributed by atoms with Crippen LogP contribution in [0, 0.1) is 0 Å². The molecule has 54 heavy (non-hydrogen) atoms. The van der Waals surface area contributed by atoms with Crippen LogP contribution in [-0.2, 0) is 28.6 Å². The number of esters is 3. The van der Waals surface area contributed by atoms with Crippen molar-refractivity contribution in [1.29, 1.82) is 0 Å². The molecule has 0 rings (SSSR count). The van der Waals surface area contributed by atoms with E-state index in [1.165, 1.54) is 51.4 Å². The molecule has 6 heteroatoms. The van der Waals surface area contributed by atoms with Gasteiger partial charge in [0, 0.05) is 19.3 Å². The number of hydrogen-bond acceptors (Lipinski definition) is 6. The summed E-state index contributed by atoms with van der Waals surface area (Å²) in [6, 6.07) is 0. The Hall–Kier alpha value is -2.89. The number of ether oxygens (including phenoxy) is 3. The van der Waals surface area contributed by atoms with E-state index in [9.17, 15) is 14.4 Å². The quantitative estimate of drug-likeness (QED) is 0.0204. The second-order valence-corrected chi connectivity index (χ2v) is 14.6. The molecule has 0 aromatic carbocycles. The molecule has 0 aromatic heterocycles. The Morgan fingerprint density at radius 1 is 0.407 bits per heavy atom. The maximum atomic E-state index is 12.7. The largest absolute Gasteiger partial charge is 0.462 e. The zero-order valence-electron chi connectivity index (χ0n) is 35.2. The van der Waals surface area contributed by atoms with Crippen LogP contribution in [0.25, 0.3) is 0 Å². The molecule has 0 radical (unpaired) electrons. The van der Waals surface area contributed by atoms with Crippen molar-refractivity contribution in [2.75, 3.05) is 13.2 Å². The summed E-state index contributed by atoms with van der Waals surface area (Å²) in [4.78, 5) is 37.7. The summed E-state index contributed by atoms with van der Waals surface area (Å²) < 4.78 is 16.6. The van der Waals surface area contributed by atoms with E-state index >= 15 is 0 Å². The monoisotopic (exact) mass is 755 g/mol. The standard InChI is InChI=1S/C48H82O6/c1-4-7-10-13-16-19-22-24-27-29-32-35-38-41-47(50)53-44-45(43-52-46(49)40-37-34-31-28-25-21-18-15-12-9-6-3)54-48(51)42-39-36-33-30-26-23-20-17-14-11-8-5-2/h8,11,15,17-18,20-21,24-25,27,45H,4-7,9-10,12-14,16,19,22-23,26,28-44H2,1-3H3/b11-8-,18-15-,20-17-,25-21-,27-24-. The zero-order chi connectivity index (χ0) is 39.4. The highest BCUT2D eigenvalue weighted by molar-refractivity contribution is 5.71. The van der Waals surface area contributed by atoms with Gasteiger partial charge in [-0.05, 0) is 89.9 Å². The summed E-state index contributed by atoms with van der Waals surface area (Å²) in [5, 5.41) is 0.